The maximum absolute atomic E-state index is 13.4. The second-order valence-electron chi connectivity index (χ2n) is 8.05. The van der Waals surface area contributed by atoms with Crippen molar-refractivity contribution in [2.75, 3.05) is 17.1 Å². The summed E-state index contributed by atoms with van der Waals surface area (Å²) in [6, 6.07) is 13.2. The van der Waals surface area contributed by atoms with Crippen LogP contribution in [0.5, 0.6) is 0 Å². The van der Waals surface area contributed by atoms with E-state index in [-0.39, 0.29) is 18.5 Å². The number of aryl methyl sites for hydroxylation is 1. The smallest absolute Gasteiger partial charge is 0.244 e. The van der Waals surface area contributed by atoms with Crippen LogP contribution in [0.2, 0.25) is 5.02 Å². The third kappa shape index (κ3) is 6.97. The van der Waals surface area contributed by atoms with Gasteiger partial charge >= 0.3 is 0 Å². The molecule has 0 unspecified atom stereocenters. The molecule has 0 spiro atoms. The minimum Gasteiger partial charge on any atom is -0.352 e. The van der Waals surface area contributed by atoms with Crippen molar-refractivity contribution in [1.29, 1.82) is 0 Å². The van der Waals surface area contributed by atoms with E-state index >= 15 is 0 Å². The lowest BCUT2D eigenvalue weighted by molar-refractivity contribution is -0.139. The molecule has 1 N–H and O–H groups in total. The second kappa shape index (κ2) is 10.8. The van der Waals surface area contributed by atoms with Crippen LogP contribution in [0.3, 0.4) is 0 Å². The summed E-state index contributed by atoms with van der Waals surface area (Å²) in [6.45, 7) is 6.76. The molecule has 9 heteroatoms. The number of rotatable bonds is 9. The van der Waals surface area contributed by atoms with E-state index in [9.17, 15) is 18.0 Å². The first-order valence-electron chi connectivity index (χ1n) is 10.3. The number of nitrogens with one attached hydrogen (secondary N) is 1. The fraction of sp³-hybridized carbons (Fsp3) is 0.391. The Morgan fingerprint density at radius 1 is 1.06 bits per heavy atom. The Morgan fingerprint density at radius 2 is 1.69 bits per heavy atom. The molecule has 2 amide bonds. The van der Waals surface area contributed by atoms with Gasteiger partial charge in [-0.1, -0.05) is 48.0 Å². The first-order chi connectivity index (χ1) is 14.9. The molecule has 0 aliphatic carbocycles. The lowest BCUT2D eigenvalue weighted by Crippen LogP contribution is -2.52. The van der Waals surface area contributed by atoms with Crippen LogP contribution in [-0.4, -0.2) is 50.0 Å². The molecule has 0 aromatic heterocycles. The van der Waals surface area contributed by atoms with Crippen LogP contribution < -0.4 is 9.62 Å². The van der Waals surface area contributed by atoms with Gasteiger partial charge < -0.3 is 10.2 Å². The van der Waals surface area contributed by atoms with Crippen LogP contribution in [0, 0.1) is 6.92 Å². The molecule has 0 heterocycles. The van der Waals surface area contributed by atoms with E-state index < -0.39 is 28.5 Å². The number of carbonyl (C=O) groups is 2. The Morgan fingerprint density at radius 3 is 2.25 bits per heavy atom. The van der Waals surface area contributed by atoms with Gasteiger partial charge in [0.25, 0.3) is 0 Å². The zero-order valence-corrected chi connectivity index (χ0v) is 20.6. The van der Waals surface area contributed by atoms with Gasteiger partial charge in [0.15, 0.2) is 0 Å². The number of hydrogen-bond donors (Lipinski definition) is 1. The zero-order valence-electron chi connectivity index (χ0n) is 19.0. The first-order valence-corrected chi connectivity index (χ1v) is 12.5. The molecular formula is C23H30ClN3O4S. The van der Waals surface area contributed by atoms with Crippen molar-refractivity contribution in [3.63, 3.8) is 0 Å². The number of halogens is 1. The average molecular weight is 480 g/mol. The van der Waals surface area contributed by atoms with Gasteiger partial charge in [0, 0.05) is 17.6 Å². The summed E-state index contributed by atoms with van der Waals surface area (Å²) in [4.78, 5) is 27.5. The largest absolute Gasteiger partial charge is 0.352 e. The number of carbonyl (C=O) groups excluding carboxylic acids is 2. The third-order valence-electron chi connectivity index (χ3n) is 4.91. The van der Waals surface area contributed by atoms with Crippen LogP contribution in [0.25, 0.3) is 0 Å². The van der Waals surface area contributed by atoms with Crippen LogP contribution in [0.4, 0.5) is 5.69 Å². The molecule has 2 aromatic rings. The number of hydrogen-bond acceptors (Lipinski definition) is 4. The van der Waals surface area contributed by atoms with Crippen molar-refractivity contribution < 1.29 is 18.0 Å². The number of sulfonamides is 1. The first kappa shape index (κ1) is 25.7. The van der Waals surface area contributed by atoms with Crippen molar-refractivity contribution in [2.45, 2.75) is 46.3 Å². The van der Waals surface area contributed by atoms with Crippen molar-refractivity contribution in [3.8, 4) is 0 Å². The molecule has 0 saturated carbocycles. The maximum atomic E-state index is 13.4. The molecule has 0 fully saturated rings. The van der Waals surface area contributed by atoms with Gasteiger partial charge in [-0.15, -0.1) is 0 Å². The second-order valence-corrected chi connectivity index (χ2v) is 10.4. The Hall–Kier alpha value is -2.58. The van der Waals surface area contributed by atoms with Crippen LogP contribution in [-0.2, 0) is 26.2 Å². The van der Waals surface area contributed by atoms with Gasteiger partial charge in [-0.3, -0.25) is 13.9 Å². The molecule has 0 bridgehead atoms. The van der Waals surface area contributed by atoms with E-state index in [1.807, 2.05) is 44.2 Å². The van der Waals surface area contributed by atoms with E-state index in [2.05, 4.69) is 5.32 Å². The predicted molar refractivity (Wildman–Crippen MR) is 128 cm³/mol. The molecule has 1 atom stereocenters. The molecule has 2 aromatic carbocycles. The fourth-order valence-electron chi connectivity index (χ4n) is 3.21. The summed E-state index contributed by atoms with van der Waals surface area (Å²) >= 11 is 6.09. The van der Waals surface area contributed by atoms with Crippen LogP contribution in [0.15, 0.2) is 48.5 Å². The summed E-state index contributed by atoms with van der Waals surface area (Å²) < 4.78 is 26.2. The summed E-state index contributed by atoms with van der Waals surface area (Å²) in [5.74, 6) is -0.806. The Balaban J connectivity index is 2.41. The molecule has 0 radical (unpaired) electrons. The summed E-state index contributed by atoms with van der Waals surface area (Å²) in [7, 11) is -3.80. The maximum Gasteiger partial charge on any atom is 0.244 e. The highest BCUT2D eigenvalue weighted by atomic mass is 35.5. The highest BCUT2D eigenvalue weighted by molar-refractivity contribution is 7.92. The lowest BCUT2D eigenvalue weighted by atomic mass is 10.1. The van der Waals surface area contributed by atoms with Gasteiger partial charge in [0.05, 0.1) is 11.9 Å². The monoisotopic (exact) mass is 479 g/mol. The van der Waals surface area contributed by atoms with Gasteiger partial charge in [0.1, 0.15) is 12.6 Å². The summed E-state index contributed by atoms with van der Waals surface area (Å²) in [6.07, 6.45) is 1.04. The lowest BCUT2D eigenvalue weighted by Gasteiger charge is -2.32. The van der Waals surface area contributed by atoms with Crippen LogP contribution in [0.1, 0.15) is 31.9 Å². The van der Waals surface area contributed by atoms with E-state index in [4.69, 9.17) is 11.6 Å². The highest BCUT2D eigenvalue weighted by Crippen LogP contribution is 2.26. The number of amides is 2. The van der Waals surface area contributed by atoms with E-state index in [1.54, 1.807) is 26.0 Å². The predicted octanol–water partition coefficient (Wildman–Crippen LogP) is 3.36. The minimum atomic E-state index is -3.80. The topological polar surface area (TPSA) is 86.8 Å². The number of nitrogens with zero attached hydrogens (tertiary/aromatic N) is 2. The Labute approximate surface area is 195 Å². The zero-order chi connectivity index (χ0) is 24.1. The highest BCUT2D eigenvalue weighted by Gasteiger charge is 2.30. The number of anilines is 1. The summed E-state index contributed by atoms with van der Waals surface area (Å²) in [5, 5.41) is 3.17. The summed E-state index contributed by atoms with van der Waals surface area (Å²) in [5.41, 5.74) is 1.81. The van der Waals surface area contributed by atoms with E-state index in [1.165, 1.54) is 11.0 Å². The van der Waals surface area contributed by atoms with Gasteiger partial charge in [-0.25, -0.2) is 8.42 Å². The van der Waals surface area contributed by atoms with Crippen molar-refractivity contribution in [2.24, 2.45) is 0 Å². The Kier molecular flexibility index (Phi) is 8.69. The molecular weight excluding hydrogens is 450 g/mol. The molecule has 0 aliphatic heterocycles. The van der Waals surface area contributed by atoms with E-state index in [0.29, 0.717) is 16.3 Å². The molecule has 7 nitrogen and oxygen atoms in total. The molecule has 0 aliphatic rings. The average Bonchev–Trinajstić information content (AvgIpc) is 2.71. The van der Waals surface area contributed by atoms with Gasteiger partial charge in [0.2, 0.25) is 21.8 Å². The molecule has 0 saturated heterocycles. The Bertz CT molecular complexity index is 1060. The van der Waals surface area contributed by atoms with E-state index in [0.717, 1.165) is 16.1 Å². The third-order valence-corrected chi connectivity index (χ3v) is 6.27. The quantitative estimate of drug-likeness (QED) is 0.597. The van der Waals surface area contributed by atoms with Crippen LogP contribution >= 0.6 is 11.6 Å². The van der Waals surface area contributed by atoms with Gasteiger partial charge in [-0.2, -0.15) is 0 Å². The van der Waals surface area contributed by atoms with Crippen molar-refractivity contribution >= 4 is 39.1 Å². The molecule has 174 valence electrons. The van der Waals surface area contributed by atoms with Crippen molar-refractivity contribution in [3.05, 3.63) is 64.7 Å². The van der Waals surface area contributed by atoms with Crippen molar-refractivity contribution in [1.82, 2.24) is 10.2 Å². The molecule has 32 heavy (non-hydrogen) atoms. The fourth-order valence-corrected chi connectivity index (χ4v) is 4.28. The molecule has 2 rings (SSSR count). The minimum absolute atomic E-state index is 0.0970. The SMILES string of the molecule is Cc1ccc(Cl)cc1N(CC(=O)N(Cc1ccccc1)[C@H](C)C(=O)NC(C)C)S(C)(=O)=O. The normalized spacial score (nSPS) is 12.3. The standard InChI is InChI=1S/C23H30ClN3O4S/c1-16(2)25-23(29)18(4)26(14-19-9-7-6-8-10-19)22(28)15-27(32(5,30)31)21-13-20(24)12-11-17(21)3/h6-13,16,18H,14-15H2,1-5H3,(H,25,29)/t18-/m1/s1. The number of benzene rings is 2. The van der Waals surface area contributed by atoms with Gasteiger partial charge in [-0.05, 0) is 51.0 Å².